The Morgan fingerprint density at radius 3 is 2.50 bits per heavy atom. The van der Waals surface area contributed by atoms with Crippen molar-refractivity contribution in [1.29, 1.82) is 0 Å². The minimum atomic E-state index is -0.671. The van der Waals surface area contributed by atoms with Crippen molar-refractivity contribution in [2.45, 2.75) is 19.3 Å². The topological polar surface area (TPSA) is 12.0 Å². The van der Waals surface area contributed by atoms with Crippen LogP contribution >= 0.6 is 11.6 Å². The maximum atomic E-state index is 13.6. The van der Waals surface area contributed by atoms with Crippen molar-refractivity contribution < 1.29 is 8.78 Å². The van der Waals surface area contributed by atoms with Gasteiger partial charge < -0.3 is 5.32 Å². The quantitative estimate of drug-likeness (QED) is 0.797. The molecule has 0 bridgehead atoms. The highest BCUT2D eigenvalue weighted by Crippen LogP contribution is 2.27. The number of halogens is 3. The zero-order chi connectivity index (χ0) is 14.5. The van der Waals surface area contributed by atoms with E-state index in [1.54, 1.807) is 0 Å². The van der Waals surface area contributed by atoms with Crippen LogP contribution in [0.5, 0.6) is 0 Å². The van der Waals surface area contributed by atoms with Crippen molar-refractivity contribution in [3.8, 4) is 0 Å². The molecule has 2 aromatic carbocycles. The van der Waals surface area contributed by atoms with Crippen LogP contribution in [0.25, 0.3) is 0 Å². The minimum absolute atomic E-state index is 0.0647. The fourth-order valence-corrected chi connectivity index (χ4v) is 2.33. The molecule has 0 aliphatic rings. The predicted molar refractivity (Wildman–Crippen MR) is 79.3 cm³/mol. The van der Waals surface area contributed by atoms with E-state index in [4.69, 9.17) is 11.6 Å². The zero-order valence-electron chi connectivity index (χ0n) is 11.2. The van der Waals surface area contributed by atoms with Crippen LogP contribution < -0.4 is 5.32 Å². The third-order valence-electron chi connectivity index (χ3n) is 3.25. The molecule has 1 atom stereocenters. The molecule has 0 aliphatic carbocycles. The third-order valence-corrected chi connectivity index (χ3v) is 3.55. The van der Waals surface area contributed by atoms with Gasteiger partial charge in [0.15, 0.2) is 5.82 Å². The summed E-state index contributed by atoms with van der Waals surface area (Å²) in [4.78, 5) is 0. The van der Waals surface area contributed by atoms with Crippen molar-refractivity contribution >= 4 is 17.3 Å². The van der Waals surface area contributed by atoms with Gasteiger partial charge in [0.1, 0.15) is 5.82 Å². The Bertz CT molecular complexity index is 549. The average Bonchev–Trinajstić information content (AvgIpc) is 2.42. The molecular formula is C16H16ClF2N. The van der Waals surface area contributed by atoms with Crippen molar-refractivity contribution in [3.05, 3.63) is 64.7 Å². The Kier molecular flexibility index (Phi) is 4.96. The summed E-state index contributed by atoms with van der Waals surface area (Å²) in [6.07, 6.45) is 0.831. The summed E-state index contributed by atoms with van der Waals surface area (Å²) in [5.74, 6) is -0.982. The molecule has 2 rings (SSSR count). The van der Waals surface area contributed by atoms with E-state index in [0.29, 0.717) is 12.5 Å². The summed E-state index contributed by atoms with van der Waals surface area (Å²) >= 11 is 5.82. The number of benzene rings is 2. The summed E-state index contributed by atoms with van der Waals surface area (Å²) in [5, 5.41) is 3.00. The molecule has 0 aliphatic heterocycles. The molecule has 0 aromatic heterocycles. The average molecular weight is 296 g/mol. The monoisotopic (exact) mass is 295 g/mol. The Morgan fingerprint density at radius 2 is 1.85 bits per heavy atom. The molecule has 20 heavy (non-hydrogen) atoms. The molecule has 0 amide bonds. The van der Waals surface area contributed by atoms with Crippen LogP contribution in [0.15, 0.2) is 42.5 Å². The zero-order valence-corrected chi connectivity index (χ0v) is 11.9. The number of nitrogens with one attached hydrogen (secondary N) is 1. The summed E-state index contributed by atoms with van der Waals surface area (Å²) in [6, 6.07) is 12.0. The van der Waals surface area contributed by atoms with Crippen molar-refractivity contribution in [2.75, 3.05) is 11.9 Å². The molecule has 0 fully saturated rings. The molecule has 1 nitrogen and oxygen atoms in total. The minimum Gasteiger partial charge on any atom is -0.381 e. The van der Waals surface area contributed by atoms with Gasteiger partial charge in [-0.25, -0.2) is 8.78 Å². The van der Waals surface area contributed by atoms with Gasteiger partial charge in [-0.05, 0) is 24.0 Å². The Hall–Kier alpha value is -1.61. The van der Waals surface area contributed by atoms with Gasteiger partial charge in [-0.15, -0.1) is 0 Å². The highest BCUT2D eigenvalue weighted by atomic mass is 35.5. The second-order valence-electron chi connectivity index (χ2n) is 4.77. The van der Waals surface area contributed by atoms with Crippen molar-refractivity contribution in [2.24, 2.45) is 0 Å². The summed E-state index contributed by atoms with van der Waals surface area (Å²) in [6.45, 7) is 2.68. The van der Waals surface area contributed by atoms with E-state index < -0.39 is 11.6 Å². The molecule has 1 N–H and O–H groups in total. The molecule has 0 saturated carbocycles. The molecular weight excluding hydrogens is 280 g/mol. The summed E-state index contributed by atoms with van der Waals surface area (Å²) in [7, 11) is 0. The van der Waals surface area contributed by atoms with Gasteiger partial charge in [0.05, 0.1) is 10.7 Å². The number of hydrogen-bond acceptors (Lipinski definition) is 1. The lowest BCUT2D eigenvalue weighted by molar-refractivity contribution is 0.584. The lowest BCUT2D eigenvalue weighted by Crippen LogP contribution is -2.08. The van der Waals surface area contributed by atoms with E-state index in [0.717, 1.165) is 18.6 Å². The van der Waals surface area contributed by atoms with Gasteiger partial charge in [0.25, 0.3) is 0 Å². The van der Waals surface area contributed by atoms with E-state index in [1.807, 2.05) is 18.2 Å². The number of rotatable bonds is 5. The van der Waals surface area contributed by atoms with E-state index in [-0.39, 0.29) is 10.7 Å². The van der Waals surface area contributed by atoms with Crippen molar-refractivity contribution in [1.82, 2.24) is 0 Å². The van der Waals surface area contributed by atoms with Gasteiger partial charge in [0, 0.05) is 12.6 Å². The fraction of sp³-hybridized carbons (Fsp3) is 0.250. The Balaban J connectivity index is 1.94. The molecule has 1 unspecified atom stereocenters. The smallest absolute Gasteiger partial charge is 0.150 e. The standard InChI is InChI=1S/C16H16ClF2N/c1-11(12-5-3-2-4-6-12)7-8-20-16-14(17)9-13(18)10-15(16)19/h2-6,9-11,20H,7-8H2,1H3. The van der Waals surface area contributed by atoms with Crippen LogP contribution in [-0.4, -0.2) is 6.54 Å². The molecule has 0 spiro atoms. The molecule has 0 heterocycles. The lowest BCUT2D eigenvalue weighted by atomic mass is 9.98. The fourth-order valence-electron chi connectivity index (χ4n) is 2.07. The maximum Gasteiger partial charge on any atom is 0.150 e. The van der Waals surface area contributed by atoms with Crippen molar-refractivity contribution in [3.63, 3.8) is 0 Å². The van der Waals surface area contributed by atoms with E-state index in [1.165, 1.54) is 5.56 Å². The first-order chi connectivity index (χ1) is 9.58. The first-order valence-corrected chi connectivity index (χ1v) is 6.89. The number of hydrogen-bond donors (Lipinski definition) is 1. The van der Waals surface area contributed by atoms with E-state index in [9.17, 15) is 8.78 Å². The van der Waals surface area contributed by atoms with Crippen LogP contribution in [0.4, 0.5) is 14.5 Å². The molecule has 4 heteroatoms. The van der Waals surface area contributed by atoms with Crippen LogP contribution in [0.3, 0.4) is 0 Å². The van der Waals surface area contributed by atoms with Gasteiger partial charge in [-0.2, -0.15) is 0 Å². The Labute approximate surface area is 122 Å². The highest BCUT2D eigenvalue weighted by molar-refractivity contribution is 6.33. The maximum absolute atomic E-state index is 13.6. The van der Waals surface area contributed by atoms with Gasteiger partial charge in [-0.3, -0.25) is 0 Å². The largest absolute Gasteiger partial charge is 0.381 e. The van der Waals surface area contributed by atoms with Gasteiger partial charge >= 0.3 is 0 Å². The second kappa shape index (κ2) is 6.71. The second-order valence-corrected chi connectivity index (χ2v) is 5.18. The van der Waals surface area contributed by atoms with Gasteiger partial charge in [0.2, 0.25) is 0 Å². The molecule has 0 radical (unpaired) electrons. The molecule has 0 saturated heterocycles. The lowest BCUT2D eigenvalue weighted by Gasteiger charge is -2.14. The van der Waals surface area contributed by atoms with E-state index >= 15 is 0 Å². The first-order valence-electron chi connectivity index (χ1n) is 6.51. The summed E-state index contributed by atoms with van der Waals surface area (Å²) < 4.78 is 26.5. The predicted octanol–water partition coefficient (Wildman–Crippen LogP) is 5.22. The third kappa shape index (κ3) is 3.70. The van der Waals surface area contributed by atoms with Crippen LogP contribution in [0.2, 0.25) is 5.02 Å². The van der Waals surface area contributed by atoms with Crippen LogP contribution in [-0.2, 0) is 0 Å². The van der Waals surface area contributed by atoms with Crippen LogP contribution in [0, 0.1) is 11.6 Å². The molecule has 106 valence electrons. The Morgan fingerprint density at radius 1 is 1.15 bits per heavy atom. The summed E-state index contributed by atoms with van der Waals surface area (Å²) in [5.41, 5.74) is 1.40. The number of anilines is 1. The first kappa shape index (κ1) is 14.8. The normalized spacial score (nSPS) is 12.2. The van der Waals surface area contributed by atoms with E-state index in [2.05, 4.69) is 24.4 Å². The SMILES string of the molecule is CC(CCNc1c(F)cc(F)cc1Cl)c1ccccc1. The van der Waals surface area contributed by atoms with Crippen LogP contribution in [0.1, 0.15) is 24.8 Å². The highest BCUT2D eigenvalue weighted by Gasteiger charge is 2.10. The molecule has 2 aromatic rings. The van der Waals surface area contributed by atoms with Gasteiger partial charge in [-0.1, -0.05) is 48.9 Å².